The topological polar surface area (TPSA) is 60.2 Å². The first-order valence-corrected chi connectivity index (χ1v) is 8.45. The smallest absolute Gasteiger partial charge is 0.225 e. The molecule has 0 aliphatic carbocycles. The van der Waals surface area contributed by atoms with Gasteiger partial charge in [-0.25, -0.2) is 13.6 Å². The SMILES string of the molecule is CC(C)(C)c1ccc(-c2ccc(S(N)(=O)=O)cc2)cc1Cl. The van der Waals surface area contributed by atoms with E-state index in [9.17, 15) is 8.42 Å². The van der Waals surface area contributed by atoms with Gasteiger partial charge in [-0.05, 0) is 40.3 Å². The van der Waals surface area contributed by atoms with Crippen molar-refractivity contribution in [3.8, 4) is 11.1 Å². The van der Waals surface area contributed by atoms with Gasteiger partial charge in [0.15, 0.2) is 0 Å². The predicted molar refractivity (Wildman–Crippen MR) is 87.0 cm³/mol. The highest BCUT2D eigenvalue weighted by atomic mass is 35.5. The largest absolute Gasteiger partial charge is 0.238 e. The molecule has 21 heavy (non-hydrogen) atoms. The van der Waals surface area contributed by atoms with Crippen molar-refractivity contribution in [2.75, 3.05) is 0 Å². The maximum atomic E-state index is 11.2. The Balaban J connectivity index is 2.42. The Morgan fingerprint density at radius 1 is 0.952 bits per heavy atom. The molecular weight excluding hydrogens is 306 g/mol. The summed E-state index contributed by atoms with van der Waals surface area (Å²) in [5.74, 6) is 0. The Hall–Kier alpha value is -1.36. The quantitative estimate of drug-likeness (QED) is 0.909. The molecular formula is C16H18ClNO2S. The van der Waals surface area contributed by atoms with Gasteiger partial charge in [-0.2, -0.15) is 0 Å². The highest BCUT2D eigenvalue weighted by molar-refractivity contribution is 7.89. The number of benzene rings is 2. The van der Waals surface area contributed by atoms with Crippen LogP contribution in [0.2, 0.25) is 5.02 Å². The minimum absolute atomic E-state index is 0.0207. The van der Waals surface area contributed by atoms with E-state index in [1.54, 1.807) is 12.1 Å². The summed E-state index contributed by atoms with van der Waals surface area (Å²) in [7, 11) is -3.66. The Bertz CT molecular complexity index is 760. The molecule has 0 bridgehead atoms. The minimum atomic E-state index is -3.66. The fourth-order valence-electron chi connectivity index (χ4n) is 2.14. The van der Waals surface area contributed by atoms with Gasteiger partial charge in [-0.15, -0.1) is 0 Å². The number of rotatable bonds is 2. The molecule has 0 atom stereocenters. The first kappa shape index (κ1) is 16.0. The second-order valence-corrected chi connectivity index (χ2v) is 7.98. The molecule has 2 aromatic carbocycles. The third kappa shape index (κ3) is 3.64. The third-order valence-electron chi connectivity index (χ3n) is 3.29. The lowest BCUT2D eigenvalue weighted by Gasteiger charge is -2.21. The van der Waals surface area contributed by atoms with Crippen molar-refractivity contribution >= 4 is 21.6 Å². The Kier molecular flexibility index (Phi) is 4.15. The normalized spacial score (nSPS) is 12.4. The molecule has 0 aromatic heterocycles. The zero-order chi connectivity index (χ0) is 15.8. The van der Waals surface area contributed by atoms with E-state index >= 15 is 0 Å². The van der Waals surface area contributed by atoms with Crippen molar-refractivity contribution in [2.45, 2.75) is 31.1 Å². The number of primary sulfonamides is 1. The molecule has 0 unspecified atom stereocenters. The van der Waals surface area contributed by atoms with Gasteiger partial charge >= 0.3 is 0 Å². The van der Waals surface area contributed by atoms with Crippen molar-refractivity contribution < 1.29 is 8.42 Å². The highest BCUT2D eigenvalue weighted by Crippen LogP contribution is 2.33. The molecule has 0 aliphatic heterocycles. The van der Waals surface area contributed by atoms with E-state index in [0.29, 0.717) is 5.02 Å². The zero-order valence-corrected chi connectivity index (χ0v) is 13.8. The fraction of sp³-hybridized carbons (Fsp3) is 0.250. The molecule has 3 nitrogen and oxygen atoms in total. The molecule has 2 rings (SSSR count). The lowest BCUT2D eigenvalue weighted by molar-refractivity contribution is 0.590. The average Bonchev–Trinajstić information content (AvgIpc) is 2.36. The minimum Gasteiger partial charge on any atom is -0.225 e. The van der Waals surface area contributed by atoms with Gasteiger partial charge in [0.25, 0.3) is 0 Å². The van der Waals surface area contributed by atoms with Crippen LogP contribution < -0.4 is 5.14 Å². The van der Waals surface area contributed by atoms with Crippen LogP contribution in [-0.4, -0.2) is 8.42 Å². The number of nitrogens with two attached hydrogens (primary N) is 1. The molecule has 2 aromatic rings. The predicted octanol–water partition coefficient (Wildman–Crippen LogP) is 3.95. The van der Waals surface area contributed by atoms with Gasteiger partial charge in [0.1, 0.15) is 0 Å². The van der Waals surface area contributed by atoms with Crippen LogP contribution in [0.25, 0.3) is 11.1 Å². The summed E-state index contributed by atoms with van der Waals surface area (Å²) in [5, 5.41) is 5.79. The summed E-state index contributed by atoms with van der Waals surface area (Å²) in [6.45, 7) is 6.32. The Labute approximate surface area is 130 Å². The molecule has 0 aliphatic rings. The summed E-state index contributed by atoms with van der Waals surface area (Å²) in [6, 6.07) is 12.3. The van der Waals surface area contributed by atoms with E-state index in [1.165, 1.54) is 12.1 Å². The van der Waals surface area contributed by atoms with Crippen LogP contribution in [0.15, 0.2) is 47.4 Å². The lowest BCUT2D eigenvalue weighted by atomic mass is 9.86. The zero-order valence-electron chi connectivity index (χ0n) is 12.2. The average molecular weight is 324 g/mol. The molecule has 5 heteroatoms. The van der Waals surface area contributed by atoms with Crippen LogP contribution >= 0.6 is 11.6 Å². The Morgan fingerprint density at radius 2 is 1.48 bits per heavy atom. The number of hydrogen-bond donors (Lipinski definition) is 1. The van der Waals surface area contributed by atoms with Crippen molar-refractivity contribution in [2.24, 2.45) is 5.14 Å². The molecule has 0 radical (unpaired) electrons. The molecule has 0 fully saturated rings. The monoisotopic (exact) mass is 323 g/mol. The van der Waals surface area contributed by atoms with E-state index in [-0.39, 0.29) is 10.3 Å². The summed E-state index contributed by atoms with van der Waals surface area (Å²) in [4.78, 5) is 0.101. The number of sulfonamides is 1. The van der Waals surface area contributed by atoms with Gasteiger partial charge in [0.2, 0.25) is 10.0 Å². The van der Waals surface area contributed by atoms with Gasteiger partial charge in [-0.3, -0.25) is 0 Å². The summed E-state index contributed by atoms with van der Waals surface area (Å²) >= 11 is 6.35. The van der Waals surface area contributed by atoms with Crippen LogP contribution in [0.5, 0.6) is 0 Å². The molecule has 2 N–H and O–H groups in total. The van der Waals surface area contributed by atoms with Crippen LogP contribution in [-0.2, 0) is 15.4 Å². The van der Waals surface area contributed by atoms with E-state index in [2.05, 4.69) is 20.8 Å². The first-order valence-electron chi connectivity index (χ1n) is 6.52. The van der Waals surface area contributed by atoms with Crippen LogP contribution in [0.4, 0.5) is 0 Å². The lowest BCUT2D eigenvalue weighted by Crippen LogP contribution is -2.12. The molecule has 0 heterocycles. The number of halogens is 1. The molecule has 0 spiro atoms. The first-order chi connectivity index (χ1) is 9.59. The van der Waals surface area contributed by atoms with Crippen molar-refractivity contribution in [1.29, 1.82) is 0 Å². The van der Waals surface area contributed by atoms with Gasteiger partial charge in [0, 0.05) is 5.02 Å². The van der Waals surface area contributed by atoms with E-state index in [0.717, 1.165) is 16.7 Å². The standard InChI is InChI=1S/C16H18ClNO2S/c1-16(2,3)14-9-6-12(10-15(14)17)11-4-7-13(8-5-11)21(18,19)20/h4-10H,1-3H3,(H2,18,19,20). The van der Waals surface area contributed by atoms with Crippen molar-refractivity contribution in [3.05, 3.63) is 53.1 Å². The maximum Gasteiger partial charge on any atom is 0.238 e. The molecule has 0 saturated heterocycles. The van der Waals surface area contributed by atoms with E-state index < -0.39 is 10.0 Å². The second kappa shape index (κ2) is 5.44. The maximum absolute atomic E-state index is 11.2. The number of hydrogen-bond acceptors (Lipinski definition) is 2. The molecule has 0 saturated carbocycles. The van der Waals surface area contributed by atoms with Gasteiger partial charge in [0.05, 0.1) is 4.90 Å². The van der Waals surface area contributed by atoms with Crippen LogP contribution in [0.1, 0.15) is 26.3 Å². The second-order valence-electron chi connectivity index (χ2n) is 6.01. The van der Waals surface area contributed by atoms with Crippen molar-refractivity contribution in [1.82, 2.24) is 0 Å². The van der Waals surface area contributed by atoms with Crippen LogP contribution in [0.3, 0.4) is 0 Å². The third-order valence-corrected chi connectivity index (χ3v) is 4.54. The van der Waals surface area contributed by atoms with Gasteiger partial charge < -0.3 is 0 Å². The molecule has 112 valence electrons. The highest BCUT2D eigenvalue weighted by Gasteiger charge is 2.17. The van der Waals surface area contributed by atoms with E-state index in [4.69, 9.17) is 16.7 Å². The summed E-state index contributed by atoms with van der Waals surface area (Å²) < 4.78 is 22.5. The fourth-order valence-corrected chi connectivity index (χ4v) is 3.12. The summed E-state index contributed by atoms with van der Waals surface area (Å²) in [6.07, 6.45) is 0. The van der Waals surface area contributed by atoms with Crippen molar-refractivity contribution in [3.63, 3.8) is 0 Å². The van der Waals surface area contributed by atoms with E-state index in [1.807, 2.05) is 18.2 Å². The summed E-state index contributed by atoms with van der Waals surface area (Å²) in [5.41, 5.74) is 2.89. The Morgan fingerprint density at radius 3 is 1.90 bits per heavy atom. The molecule has 0 amide bonds. The van der Waals surface area contributed by atoms with Crippen LogP contribution in [0, 0.1) is 0 Å². The van der Waals surface area contributed by atoms with Gasteiger partial charge in [-0.1, -0.05) is 56.6 Å².